The molecule has 2 unspecified atom stereocenters. The van der Waals surface area contributed by atoms with E-state index in [0.717, 1.165) is 18.5 Å². The molecular formula is C20H35N3O4Si. The van der Waals surface area contributed by atoms with Gasteiger partial charge < -0.3 is 23.7 Å². The van der Waals surface area contributed by atoms with Crippen LogP contribution in [-0.4, -0.2) is 59.3 Å². The van der Waals surface area contributed by atoms with Crippen molar-refractivity contribution >= 4 is 14.4 Å². The van der Waals surface area contributed by atoms with Crippen molar-refractivity contribution in [3.05, 3.63) is 30.9 Å². The predicted molar refractivity (Wildman–Crippen MR) is 111 cm³/mol. The van der Waals surface area contributed by atoms with Crippen molar-refractivity contribution in [3.8, 4) is 0 Å². The van der Waals surface area contributed by atoms with Gasteiger partial charge in [0.15, 0.2) is 8.32 Å². The van der Waals surface area contributed by atoms with E-state index >= 15 is 0 Å². The summed E-state index contributed by atoms with van der Waals surface area (Å²) in [6.45, 7) is 16.1. The summed E-state index contributed by atoms with van der Waals surface area (Å²) in [6.07, 6.45) is 6.19. The summed E-state index contributed by atoms with van der Waals surface area (Å²) in [5.74, 6) is 0. The van der Waals surface area contributed by atoms with Gasteiger partial charge in [-0.1, -0.05) is 33.4 Å². The lowest BCUT2D eigenvalue weighted by Crippen LogP contribution is -2.44. The first-order valence-corrected chi connectivity index (χ1v) is 12.8. The van der Waals surface area contributed by atoms with Gasteiger partial charge in [-0.3, -0.25) is 0 Å². The van der Waals surface area contributed by atoms with E-state index in [1.807, 2.05) is 4.57 Å². The van der Waals surface area contributed by atoms with Gasteiger partial charge >= 0.3 is 6.09 Å². The average molecular weight is 410 g/mol. The molecule has 0 aromatic carbocycles. The van der Waals surface area contributed by atoms with E-state index < -0.39 is 8.32 Å². The highest BCUT2D eigenvalue weighted by atomic mass is 28.4. The van der Waals surface area contributed by atoms with E-state index in [2.05, 4.69) is 45.4 Å². The maximum atomic E-state index is 12.6. The van der Waals surface area contributed by atoms with Crippen molar-refractivity contribution in [1.82, 2.24) is 14.5 Å². The average Bonchev–Trinajstić information content (AvgIpc) is 3.22. The Balaban J connectivity index is 2.08. The smallest absolute Gasteiger partial charge is 0.410 e. The van der Waals surface area contributed by atoms with Gasteiger partial charge in [0, 0.05) is 19.1 Å². The van der Waals surface area contributed by atoms with Crippen LogP contribution in [0.3, 0.4) is 0 Å². The minimum absolute atomic E-state index is 0.0160. The summed E-state index contributed by atoms with van der Waals surface area (Å²) in [5, 5.41) is 9.53. The van der Waals surface area contributed by atoms with Gasteiger partial charge in [0.25, 0.3) is 0 Å². The Morgan fingerprint density at radius 2 is 2.18 bits per heavy atom. The van der Waals surface area contributed by atoms with Crippen LogP contribution in [0.15, 0.2) is 25.2 Å². The molecule has 2 heterocycles. The fourth-order valence-electron chi connectivity index (χ4n) is 3.23. The third-order valence-electron chi connectivity index (χ3n) is 5.87. The second kappa shape index (κ2) is 9.24. The Hall–Kier alpha value is -1.64. The first-order chi connectivity index (χ1) is 13.1. The molecule has 0 aliphatic carbocycles. The quantitative estimate of drug-likeness (QED) is 0.525. The zero-order valence-electron chi connectivity index (χ0n) is 17.9. The highest BCUT2D eigenvalue weighted by Crippen LogP contribution is 2.39. The number of nitrogens with zero attached hydrogens (tertiary/aromatic N) is 3. The van der Waals surface area contributed by atoms with E-state index in [0.29, 0.717) is 13.1 Å². The zero-order valence-corrected chi connectivity index (χ0v) is 18.9. The number of aliphatic hydroxyl groups is 1. The summed E-state index contributed by atoms with van der Waals surface area (Å²) < 4.78 is 13.8. The van der Waals surface area contributed by atoms with Crippen LogP contribution in [-0.2, 0) is 22.3 Å². The largest absolute Gasteiger partial charge is 0.445 e. The third-order valence-corrected chi connectivity index (χ3v) is 10.4. The molecule has 28 heavy (non-hydrogen) atoms. The molecule has 0 spiro atoms. The molecule has 2 atom stereocenters. The molecule has 0 saturated carbocycles. The van der Waals surface area contributed by atoms with E-state index in [9.17, 15) is 9.90 Å². The maximum Gasteiger partial charge on any atom is 0.410 e. The number of imidazole rings is 1. The number of carbonyl (C=O) groups is 1. The number of hydrogen-bond donors (Lipinski definition) is 1. The lowest BCUT2D eigenvalue weighted by molar-refractivity contribution is 0.101. The van der Waals surface area contributed by atoms with Gasteiger partial charge in [-0.15, -0.1) is 0 Å². The first-order valence-electron chi connectivity index (χ1n) is 9.91. The van der Waals surface area contributed by atoms with Gasteiger partial charge in [0.2, 0.25) is 0 Å². The van der Waals surface area contributed by atoms with Gasteiger partial charge in [-0.05, 0) is 31.0 Å². The molecule has 0 radical (unpaired) electrons. The lowest BCUT2D eigenvalue weighted by atomic mass is 10.1. The normalized spacial score (nSPS) is 20.4. The number of rotatable bonds is 8. The molecule has 0 bridgehead atoms. The SMILES string of the molecule is C=CCOC(=O)N1CC(O[Si](C)(C)C(C)(C)C)CC1CCn1cncc1CO. The zero-order chi connectivity index (χ0) is 20.9. The lowest BCUT2D eigenvalue weighted by Gasteiger charge is -2.38. The van der Waals surface area contributed by atoms with E-state index in [-0.39, 0.29) is 36.5 Å². The molecule has 158 valence electrons. The predicted octanol–water partition coefficient (Wildman–Crippen LogP) is 3.55. The van der Waals surface area contributed by atoms with Crippen molar-refractivity contribution in [2.45, 2.75) is 77.0 Å². The topological polar surface area (TPSA) is 76.8 Å². The molecule has 1 aliphatic heterocycles. The highest BCUT2D eigenvalue weighted by molar-refractivity contribution is 6.74. The fraction of sp³-hybridized carbons (Fsp3) is 0.700. The summed E-state index contributed by atoms with van der Waals surface area (Å²) in [5.41, 5.74) is 0.771. The highest BCUT2D eigenvalue weighted by Gasteiger charge is 2.43. The Bertz CT molecular complexity index is 669. The van der Waals surface area contributed by atoms with Crippen LogP contribution in [0, 0.1) is 0 Å². The molecular weight excluding hydrogens is 374 g/mol. The number of aryl methyl sites for hydroxylation is 1. The Morgan fingerprint density at radius 1 is 1.46 bits per heavy atom. The molecule has 8 heteroatoms. The van der Waals surface area contributed by atoms with Crippen molar-refractivity contribution in [3.63, 3.8) is 0 Å². The summed E-state index contributed by atoms with van der Waals surface area (Å²) >= 11 is 0. The molecule has 1 N–H and O–H groups in total. The molecule has 1 fully saturated rings. The standard InChI is InChI=1S/C20H35N3O4Si/c1-7-10-26-19(25)23-13-18(27-28(5,6)20(2,3)4)11-16(23)8-9-22-15-21-12-17(22)14-24/h7,12,15-16,18,24H,1,8-11,13-14H2,2-6H3. The fourth-order valence-corrected chi connectivity index (χ4v) is 4.59. The van der Waals surface area contributed by atoms with Crippen LogP contribution in [0.5, 0.6) is 0 Å². The molecule has 1 amide bonds. The summed E-state index contributed by atoms with van der Waals surface area (Å²) in [7, 11) is -1.92. The second-order valence-corrected chi connectivity index (χ2v) is 13.7. The number of carbonyl (C=O) groups excluding carboxylic acids is 1. The molecule has 7 nitrogen and oxygen atoms in total. The monoisotopic (exact) mass is 409 g/mol. The molecule has 1 aliphatic rings. The second-order valence-electron chi connectivity index (χ2n) is 8.93. The van der Waals surface area contributed by atoms with Gasteiger partial charge in [-0.25, -0.2) is 9.78 Å². The van der Waals surface area contributed by atoms with Gasteiger partial charge in [-0.2, -0.15) is 0 Å². The Kier molecular flexibility index (Phi) is 7.47. The van der Waals surface area contributed by atoms with Crippen LogP contribution < -0.4 is 0 Å². The van der Waals surface area contributed by atoms with Crippen LogP contribution in [0.25, 0.3) is 0 Å². The van der Waals surface area contributed by atoms with E-state index in [4.69, 9.17) is 9.16 Å². The van der Waals surface area contributed by atoms with E-state index in [1.165, 1.54) is 0 Å². The van der Waals surface area contributed by atoms with Crippen molar-refractivity contribution < 1.29 is 19.1 Å². The number of aliphatic hydroxyl groups excluding tert-OH is 1. The van der Waals surface area contributed by atoms with Crippen molar-refractivity contribution in [2.24, 2.45) is 0 Å². The molecule has 1 aromatic rings. The molecule has 2 rings (SSSR count). The Labute approximate surface area is 169 Å². The van der Waals surface area contributed by atoms with E-state index in [1.54, 1.807) is 23.5 Å². The van der Waals surface area contributed by atoms with Crippen LogP contribution in [0.2, 0.25) is 18.1 Å². The first kappa shape index (κ1) is 22.6. The van der Waals surface area contributed by atoms with Crippen LogP contribution in [0.1, 0.15) is 39.3 Å². The number of amides is 1. The number of ether oxygens (including phenoxy) is 1. The van der Waals surface area contributed by atoms with Crippen molar-refractivity contribution in [1.29, 1.82) is 0 Å². The van der Waals surface area contributed by atoms with Gasteiger partial charge in [0.1, 0.15) is 6.61 Å². The molecule has 1 saturated heterocycles. The maximum absolute atomic E-state index is 12.6. The number of likely N-dealkylation sites (tertiary alicyclic amines) is 1. The third kappa shape index (κ3) is 5.45. The molecule has 1 aromatic heterocycles. The minimum atomic E-state index is -1.92. The number of hydrogen-bond acceptors (Lipinski definition) is 5. The minimum Gasteiger partial charge on any atom is -0.445 e. The summed E-state index contributed by atoms with van der Waals surface area (Å²) in [4.78, 5) is 18.4. The Morgan fingerprint density at radius 3 is 2.79 bits per heavy atom. The number of aromatic nitrogens is 2. The summed E-state index contributed by atoms with van der Waals surface area (Å²) in [6, 6.07) is 0.0287. The van der Waals surface area contributed by atoms with Crippen molar-refractivity contribution in [2.75, 3.05) is 13.2 Å². The van der Waals surface area contributed by atoms with Crippen LogP contribution >= 0.6 is 0 Å². The van der Waals surface area contributed by atoms with Crippen LogP contribution in [0.4, 0.5) is 4.79 Å². The van der Waals surface area contributed by atoms with Gasteiger partial charge in [0.05, 0.1) is 30.9 Å².